The fraction of sp³-hybridized carbons (Fsp3) is 0.368. The Kier molecular flexibility index (Phi) is 6.75. The van der Waals surface area contributed by atoms with Crippen LogP contribution in [0.3, 0.4) is 0 Å². The number of aliphatic imine (C=N–C) groups is 1. The van der Waals surface area contributed by atoms with Gasteiger partial charge in [-0.15, -0.1) is 0 Å². The van der Waals surface area contributed by atoms with Gasteiger partial charge in [-0.3, -0.25) is 4.99 Å². The van der Waals surface area contributed by atoms with E-state index in [1.165, 1.54) is 5.56 Å². The summed E-state index contributed by atoms with van der Waals surface area (Å²) in [6.07, 6.45) is 9.35. The number of nitrogens with two attached hydrogens (primary N) is 1. The summed E-state index contributed by atoms with van der Waals surface area (Å²) in [5, 5.41) is 0. The molecule has 0 saturated heterocycles. The highest BCUT2D eigenvalue weighted by Gasteiger charge is 2.04. The van der Waals surface area contributed by atoms with E-state index in [9.17, 15) is 0 Å². The van der Waals surface area contributed by atoms with Crippen LogP contribution >= 0.6 is 0 Å². The number of aryl methyl sites for hydroxylation is 3. The summed E-state index contributed by atoms with van der Waals surface area (Å²) in [5.74, 6) is 1.12. The standard InChI is InChI=1S/C19H27N5/c1-16-6-4-7-18(12-16)22-14-17(13-20)15-23(2)10-5-8-19-21-9-11-24(19)3/h4,6-7,9,11-14H,5,8,10,15,20H2,1-3H3/b17-13+,22-14?. The quantitative estimate of drug-likeness (QED) is 0.759. The van der Waals surface area contributed by atoms with E-state index in [4.69, 9.17) is 5.73 Å². The van der Waals surface area contributed by atoms with Crippen LogP contribution in [0.15, 0.2) is 53.4 Å². The molecule has 0 bridgehead atoms. The molecule has 0 fully saturated rings. The molecule has 0 aliphatic carbocycles. The van der Waals surface area contributed by atoms with Crippen LogP contribution in [-0.2, 0) is 13.5 Å². The van der Waals surface area contributed by atoms with E-state index in [1.54, 1.807) is 6.20 Å². The van der Waals surface area contributed by atoms with Crippen molar-refractivity contribution in [3.63, 3.8) is 0 Å². The lowest BCUT2D eigenvalue weighted by Gasteiger charge is -2.16. The van der Waals surface area contributed by atoms with E-state index in [0.29, 0.717) is 0 Å². The maximum absolute atomic E-state index is 5.75. The van der Waals surface area contributed by atoms with Crippen LogP contribution in [0.4, 0.5) is 5.69 Å². The Morgan fingerprint density at radius 3 is 2.92 bits per heavy atom. The van der Waals surface area contributed by atoms with Gasteiger partial charge >= 0.3 is 0 Å². The van der Waals surface area contributed by atoms with E-state index in [1.807, 2.05) is 37.8 Å². The van der Waals surface area contributed by atoms with Crippen molar-refractivity contribution in [1.29, 1.82) is 0 Å². The zero-order chi connectivity index (χ0) is 17.4. The van der Waals surface area contributed by atoms with Crippen molar-refractivity contribution < 1.29 is 0 Å². The molecule has 128 valence electrons. The topological polar surface area (TPSA) is 59.4 Å². The fourth-order valence-corrected chi connectivity index (χ4v) is 2.54. The monoisotopic (exact) mass is 325 g/mol. The average Bonchev–Trinajstić information content (AvgIpc) is 2.97. The highest BCUT2D eigenvalue weighted by atomic mass is 15.1. The second-order valence-electron chi connectivity index (χ2n) is 6.13. The molecule has 0 amide bonds. The van der Waals surface area contributed by atoms with Gasteiger partial charge < -0.3 is 15.2 Å². The van der Waals surface area contributed by atoms with Crippen LogP contribution in [0, 0.1) is 6.92 Å². The Balaban J connectivity index is 1.80. The molecule has 2 N–H and O–H groups in total. The van der Waals surface area contributed by atoms with Gasteiger partial charge in [0.15, 0.2) is 0 Å². The van der Waals surface area contributed by atoms with Crippen molar-refractivity contribution in [2.24, 2.45) is 17.8 Å². The van der Waals surface area contributed by atoms with Crippen LogP contribution in [0.25, 0.3) is 0 Å². The van der Waals surface area contributed by atoms with Gasteiger partial charge in [0.2, 0.25) is 0 Å². The molecule has 0 aliphatic heterocycles. The zero-order valence-electron chi connectivity index (χ0n) is 14.8. The molecule has 1 aromatic carbocycles. The Bertz CT molecular complexity index is 699. The summed E-state index contributed by atoms with van der Waals surface area (Å²) in [7, 11) is 4.13. The third-order valence-corrected chi connectivity index (χ3v) is 3.91. The van der Waals surface area contributed by atoms with E-state index < -0.39 is 0 Å². The molecular weight excluding hydrogens is 298 g/mol. The minimum absolute atomic E-state index is 0.784. The molecule has 0 unspecified atom stereocenters. The summed E-state index contributed by atoms with van der Waals surface area (Å²) in [5.41, 5.74) is 8.91. The highest BCUT2D eigenvalue weighted by molar-refractivity contribution is 5.81. The summed E-state index contributed by atoms with van der Waals surface area (Å²) in [4.78, 5) is 11.1. The van der Waals surface area contributed by atoms with Crippen molar-refractivity contribution in [3.05, 3.63) is 59.8 Å². The van der Waals surface area contributed by atoms with Gasteiger partial charge in [-0.25, -0.2) is 4.98 Å². The normalized spacial score (nSPS) is 12.4. The number of benzene rings is 1. The average molecular weight is 325 g/mol. The molecule has 0 radical (unpaired) electrons. The Morgan fingerprint density at radius 2 is 2.25 bits per heavy atom. The summed E-state index contributed by atoms with van der Waals surface area (Å²) < 4.78 is 2.07. The van der Waals surface area contributed by atoms with Gasteiger partial charge in [0.1, 0.15) is 5.82 Å². The molecule has 0 aliphatic rings. The number of rotatable bonds is 8. The Morgan fingerprint density at radius 1 is 1.42 bits per heavy atom. The first-order valence-corrected chi connectivity index (χ1v) is 8.24. The maximum atomic E-state index is 5.75. The van der Waals surface area contributed by atoms with Gasteiger partial charge in [0, 0.05) is 38.6 Å². The first kappa shape index (κ1) is 17.9. The summed E-state index contributed by atoms with van der Waals surface area (Å²) in [6.45, 7) is 3.84. The second kappa shape index (κ2) is 9.03. The zero-order valence-corrected chi connectivity index (χ0v) is 14.8. The largest absolute Gasteiger partial charge is 0.404 e. The van der Waals surface area contributed by atoms with Crippen LogP contribution in [-0.4, -0.2) is 40.8 Å². The number of aromatic nitrogens is 2. The van der Waals surface area contributed by atoms with Crippen LogP contribution in [0.5, 0.6) is 0 Å². The number of hydrogen-bond acceptors (Lipinski definition) is 4. The molecule has 0 atom stereocenters. The molecule has 5 nitrogen and oxygen atoms in total. The summed E-state index contributed by atoms with van der Waals surface area (Å²) >= 11 is 0. The van der Waals surface area contributed by atoms with Crippen LogP contribution in [0.1, 0.15) is 17.8 Å². The Hall–Kier alpha value is -2.40. The van der Waals surface area contributed by atoms with Crippen molar-refractivity contribution in [3.8, 4) is 0 Å². The van der Waals surface area contributed by atoms with Crippen LogP contribution < -0.4 is 5.73 Å². The third-order valence-electron chi connectivity index (χ3n) is 3.91. The maximum Gasteiger partial charge on any atom is 0.108 e. The predicted molar refractivity (Wildman–Crippen MR) is 101 cm³/mol. The van der Waals surface area contributed by atoms with Crippen LogP contribution in [0.2, 0.25) is 0 Å². The molecule has 0 spiro atoms. The predicted octanol–water partition coefficient (Wildman–Crippen LogP) is 2.84. The first-order chi connectivity index (χ1) is 11.6. The number of hydrogen-bond donors (Lipinski definition) is 1. The fourth-order valence-electron chi connectivity index (χ4n) is 2.54. The van der Waals surface area contributed by atoms with Crippen molar-refractivity contribution >= 4 is 11.9 Å². The molecule has 1 heterocycles. The summed E-state index contributed by atoms with van der Waals surface area (Å²) in [6, 6.07) is 8.13. The molecule has 5 heteroatoms. The van der Waals surface area contributed by atoms with E-state index in [0.717, 1.165) is 43.0 Å². The number of likely N-dealkylation sites (N-methyl/N-ethyl adjacent to an activating group) is 1. The lowest BCUT2D eigenvalue weighted by molar-refractivity contribution is 0.358. The molecule has 1 aromatic heterocycles. The number of nitrogens with zero attached hydrogens (tertiary/aromatic N) is 4. The minimum atomic E-state index is 0.784. The molecule has 2 aromatic rings. The smallest absolute Gasteiger partial charge is 0.108 e. The van der Waals surface area contributed by atoms with Gasteiger partial charge in [0.25, 0.3) is 0 Å². The lowest BCUT2D eigenvalue weighted by atomic mass is 10.2. The van der Waals surface area contributed by atoms with Gasteiger partial charge in [-0.2, -0.15) is 0 Å². The van der Waals surface area contributed by atoms with E-state index >= 15 is 0 Å². The van der Waals surface area contributed by atoms with Gasteiger partial charge in [-0.1, -0.05) is 12.1 Å². The molecule has 24 heavy (non-hydrogen) atoms. The molecule has 0 saturated carbocycles. The molecule has 2 rings (SSSR count). The van der Waals surface area contributed by atoms with Gasteiger partial charge in [0.05, 0.1) is 5.69 Å². The minimum Gasteiger partial charge on any atom is -0.404 e. The van der Waals surface area contributed by atoms with Gasteiger partial charge in [-0.05, 0) is 56.4 Å². The van der Waals surface area contributed by atoms with Crippen molar-refractivity contribution in [1.82, 2.24) is 14.5 Å². The molecular formula is C19H27N5. The van der Waals surface area contributed by atoms with E-state index in [-0.39, 0.29) is 0 Å². The second-order valence-corrected chi connectivity index (χ2v) is 6.13. The van der Waals surface area contributed by atoms with Crippen molar-refractivity contribution in [2.75, 3.05) is 20.1 Å². The lowest BCUT2D eigenvalue weighted by Crippen LogP contribution is -2.24. The van der Waals surface area contributed by atoms with E-state index in [2.05, 4.69) is 45.5 Å². The SMILES string of the molecule is Cc1cccc(N=C/C(=C\N)CN(C)CCCc2nccn2C)c1. The van der Waals surface area contributed by atoms with Crippen molar-refractivity contribution in [2.45, 2.75) is 19.8 Å². The third kappa shape index (κ3) is 5.66. The Labute approximate surface area is 144 Å². The number of imidazole rings is 1. The first-order valence-electron chi connectivity index (χ1n) is 8.24. The highest BCUT2D eigenvalue weighted by Crippen LogP contribution is 2.13.